The number of benzene rings is 1. The van der Waals surface area contributed by atoms with Crippen LogP contribution in [0.1, 0.15) is 11.3 Å². The molecule has 0 aliphatic carbocycles. The lowest BCUT2D eigenvalue weighted by Gasteiger charge is -2.07. The number of alkyl halides is 1. The Morgan fingerprint density at radius 2 is 2.19 bits per heavy atom. The van der Waals surface area contributed by atoms with Crippen molar-refractivity contribution < 1.29 is 9.47 Å². The third-order valence-electron chi connectivity index (χ3n) is 2.91. The first kappa shape index (κ1) is 13.9. The van der Waals surface area contributed by atoms with Crippen molar-refractivity contribution in [3.8, 4) is 23.4 Å². The highest BCUT2D eigenvalue weighted by molar-refractivity contribution is 9.08. The van der Waals surface area contributed by atoms with Gasteiger partial charge >= 0.3 is 0 Å². The maximum Gasteiger partial charge on any atom is 0.243 e. The van der Waals surface area contributed by atoms with Crippen molar-refractivity contribution >= 4 is 32.2 Å². The second-order valence-corrected chi connectivity index (χ2v) is 5.60. The van der Waals surface area contributed by atoms with E-state index in [1.54, 1.807) is 25.3 Å². The zero-order chi connectivity index (χ0) is 14.8. The summed E-state index contributed by atoms with van der Waals surface area (Å²) in [6, 6.07) is 7.13. The molecule has 0 amide bonds. The summed E-state index contributed by atoms with van der Waals surface area (Å²) >= 11 is 4.99. The normalized spacial score (nSPS) is 10.5. The van der Waals surface area contributed by atoms with Gasteiger partial charge in [0.15, 0.2) is 4.96 Å². The van der Waals surface area contributed by atoms with E-state index >= 15 is 0 Å². The molecule has 0 radical (unpaired) electrons. The van der Waals surface area contributed by atoms with E-state index in [0.29, 0.717) is 28.3 Å². The number of hydrogen-bond acceptors (Lipinski definition) is 5. The largest absolute Gasteiger partial charge is 0.497 e. The van der Waals surface area contributed by atoms with Crippen LogP contribution >= 0.6 is 27.3 Å². The molecule has 0 saturated heterocycles. The van der Waals surface area contributed by atoms with Gasteiger partial charge in [0.2, 0.25) is 5.88 Å². The lowest BCUT2D eigenvalue weighted by atomic mass is 10.2. The number of rotatable bonds is 4. The summed E-state index contributed by atoms with van der Waals surface area (Å²) in [4.78, 5) is 5.32. The Bertz CT molecular complexity index is 834. The fourth-order valence-corrected chi connectivity index (χ4v) is 3.18. The van der Waals surface area contributed by atoms with Gasteiger partial charge in [-0.25, -0.2) is 0 Å². The summed E-state index contributed by atoms with van der Waals surface area (Å²) in [5.74, 6) is 1.63. The minimum absolute atomic E-state index is 0.478. The molecule has 3 aromatic rings. The molecule has 0 fully saturated rings. The van der Waals surface area contributed by atoms with E-state index in [1.165, 1.54) is 11.3 Å². The van der Waals surface area contributed by atoms with Crippen LogP contribution in [0.4, 0.5) is 0 Å². The first-order chi connectivity index (χ1) is 10.2. The van der Waals surface area contributed by atoms with Gasteiger partial charge < -0.3 is 9.47 Å². The second-order valence-electron chi connectivity index (χ2n) is 4.16. The number of imidazole rings is 1. The van der Waals surface area contributed by atoms with Crippen molar-refractivity contribution in [2.75, 3.05) is 7.11 Å². The quantitative estimate of drug-likeness (QED) is 0.658. The van der Waals surface area contributed by atoms with Gasteiger partial charge in [-0.2, -0.15) is 10.2 Å². The molecule has 2 heterocycles. The molecular formula is C14H10BrN3O2S. The highest BCUT2D eigenvalue weighted by Crippen LogP contribution is 2.31. The van der Waals surface area contributed by atoms with Crippen LogP contribution in [0, 0.1) is 11.3 Å². The van der Waals surface area contributed by atoms with E-state index < -0.39 is 0 Å². The van der Waals surface area contributed by atoms with Crippen LogP contribution in [0.25, 0.3) is 4.96 Å². The first-order valence-corrected chi connectivity index (χ1v) is 8.02. The molecule has 1 aromatic carbocycles. The summed E-state index contributed by atoms with van der Waals surface area (Å²) in [7, 11) is 1.55. The molecule has 3 rings (SSSR count). The predicted molar refractivity (Wildman–Crippen MR) is 83.5 cm³/mol. The smallest absolute Gasteiger partial charge is 0.243 e. The fraction of sp³-hybridized carbons (Fsp3) is 0.143. The Morgan fingerprint density at radius 1 is 1.38 bits per heavy atom. The average molecular weight is 364 g/mol. The van der Waals surface area contributed by atoms with Crippen molar-refractivity contribution in [2.24, 2.45) is 0 Å². The zero-order valence-electron chi connectivity index (χ0n) is 11.0. The topological polar surface area (TPSA) is 59.5 Å². The molecule has 0 atom stereocenters. The Labute approximate surface area is 133 Å². The van der Waals surface area contributed by atoms with Gasteiger partial charge in [-0.1, -0.05) is 15.9 Å². The Balaban J connectivity index is 2.02. The first-order valence-electron chi connectivity index (χ1n) is 6.02. The summed E-state index contributed by atoms with van der Waals surface area (Å²) in [6.45, 7) is 0. The number of halogens is 1. The third-order valence-corrected chi connectivity index (χ3v) is 4.20. The number of methoxy groups -OCH3 is 1. The highest BCUT2D eigenvalue weighted by Gasteiger charge is 2.15. The molecule has 0 spiro atoms. The number of fused-ring (bicyclic) bond motifs is 1. The molecule has 7 heteroatoms. The Morgan fingerprint density at radius 3 is 2.90 bits per heavy atom. The van der Waals surface area contributed by atoms with Crippen molar-refractivity contribution in [2.45, 2.75) is 5.33 Å². The lowest BCUT2D eigenvalue weighted by Crippen LogP contribution is -1.92. The number of nitriles is 1. The number of hydrogen-bond donors (Lipinski definition) is 0. The van der Waals surface area contributed by atoms with Gasteiger partial charge in [0.1, 0.15) is 11.5 Å². The van der Waals surface area contributed by atoms with Crippen molar-refractivity contribution in [3.05, 3.63) is 41.0 Å². The monoisotopic (exact) mass is 363 g/mol. The van der Waals surface area contributed by atoms with Crippen molar-refractivity contribution in [1.82, 2.24) is 9.38 Å². The molecule has 0 N–H and O–H groups in total. The summed E-state index contributed by atoms with van der Waals surface area (Å²) < 4.78 is 13.0. The molecule has 2 aromatic heterocycles. The maximum atomic E-state index is 9.04. The van der Waals surface area contributed by atoms with Crippen LogP contribution in [0.2, 0.25) is 0 Å². The standard InChI is InChI=1S/C14H10BrN3O2S/c1-19-10-4-9(8-16)5-11(6-10)20-13-12(7-15)18-2-3-21-14(18)17-13/h2-6H,7H2,1H3. The minimum atomic E-state index is 0.478. The maximum absolute atomic E-state index is 9.04. The molecule has 0 bridgehead atoms. The van der Waals surface area contributed by atoms with E-state index in [1.807, 2.05) is 16.0 Å². The molecule has 21 heavy (non-hydrogen) atoms. The number of ether oxygens (including phenoxy) is 2. The van der Waals surface area contributed by atoms with E-state index in [2.05, 4.69) is 27.0 Å². The highest BCUT2D eigenvalue weighted by atomic mass is 79.9. The third kappa shape index (κ3) is 2.60. The average Bonchev–Trinajstić information content (AvgIpc) is 3.07. The van der Waals surface area contributed by atoms with Crippen molar-refractivity contribution in [3.63, 3.8) is 0 Å². The minimum Gasteiger partial charge on any atom is -0.497 e. The van der Waals surface area contributed by atoms with Crippen LogP contribution < -0.4 is 9.47 Å². The van der Waals surface area contributed by atoms with Crippen LogP contribution in [0.5, 0.6) is 17.4 Å². The number of nitrogens with zero attached hydrogens (tertiary/aromatic N) is 3. The Hall–Kier alpha value is -2.04. The molecule has 0 unspecified atom stereocenters. The van der Waals surface area contributed by atoms with Crippen molar-refractivity contribution in [1.29, 1.82) is 5.26 Å². The lowest BCUT2D eigenvalue weighted by molar-refractivity contribution is 0.407. The zero-order valence-corrected chi connectivity index (χ0v) is 13.4. The second kappa shape index (κ2) is 5.76. The van der Waals surface area contributed by atoms with Gasteiger partial charge in [0.05, 0.1) is 24.4 Å². The summed E-state index contributed by atoms with van der Waals surface area (Å²) in [6.07, 6.45) is 1.95. The molecule has 106 valence electrons. The van der Waals surface area contributed by atoms with Gasteiger partial charge in [0.25, 0.3) is 0 Å². The van der Waals surface area contributed by atoms with E-state index in [9.17, 15) is 0 Å². The van der Waals surface area contributed by atoms with E-state index in [4.69, 9.17) is 14.7 Å². The molecule has 5 nitrogen and oxygen atoms in total. The summed E-state index contributed by atoms with van der Waals surface area (Å²) in [5.41, 5.74) is 1.40. The van der Waals surface area contributed by atoms with Crippen LogP contribution in [-0.4, -0.2) is 16.5 Å². The number of thiazole rings is 1. The van der Waals surface area contributed by atoms with Gasteiger partial charge in [-0.15, -0.1) is 11.3 Å². The van der Waals surface area contributed by atoms with Crippen LogP contribution in [0.3, 0.4) is 0 Å². The van der Waals surface area contributed by atoms with Crippen LogP contribution in [0.15, 0.2) is 29.8 Å². The Kier molecular flexibility index (Phi) is 3.82. The van der Waals surface area contributed by atoms with Gasteiger partial charge in [-0.05, 0) is 12.1 Å². The summed E-state index contributed by atoms with van der Waals surface area (Å²) in [5, 5.41) is 11.6. The number of aromatic nitrogens is 2. The molecular weight excluding hydrogens is 354 g/mol. The SMILES string of the molecule is COc1cc(C#N)cc(Oc2nc3sccn3c2CBr)c1. The molecule has 0 aliphatic heterocycles. The van der Waals surface area contributed by atoms with E-state index in [-0.39, 0.29) is 0 Å². The van der Waals surface area contributed by atoms with Gasteiger partial charge in [0, 0.05) is 23.0 Å². The molecule has 0 saturated carbocycles. The van der Waals surface area contributed by atoms with Crippen LogP contribution in [-0.2, 0) is 5.33 Å². The van der Waals surface area contributed by atoms with E-state index in [0.717, 1.165) is 10.7 Å². The fourth-order valence-electron chi connectivity index (χ4n) is 1.94. The van der Waals surface area contributed by atoms with Gasteiger partial charge in [-0.3, -0.25) is 4.40 Å². The molecule has 0 aliphatic rings. The predicted octanol–water partition coefficient (Wildman–Crippen LogP) is 3.96.